The molecule has 102 valence electrons. The molecule has 18 heavy (non-hydrogen) atoms. The van der Waals surface area contributed by atoms with E-state index in [-0.39, 0.29) is 18.2 Å². The summed E-state index contributed by atoms with van der Waals surface area (Å²) >= 11 is 6.04. The van der Waals surface area contributed by atoms with Crippen LogP contribution in [0.5, 0.6) is 0 Å². The summed E-state index contributed by atoms with van der Waals surface area (Å²) in [5.41, 5.74) is 6.75. The fourth-order valence-electron chi connectivity index (χ4n) is 2.40. The quantitative estimate of drug-likeness (QED) is 0.927. The van der Waals surface area contributed by atoms with Gasteiger partial charge in [0, 0.05) is 24.2 Å². The summed E-state index contributed by atoms with van der Waals surface area (Å²) in [5, 5.41) is 0.506. The molecule has 1 heterocycles. The summed E-state index contributed by atoms with van der Waals surface area (Å²) in [6.07, 6.45) is 3.60. The average Bonchev–Trinajstić information content (AvgIpc) is 2.33. The van der Waals surface area contributed by atoms with Crippen LogP contribution in [0.3, 0.4) is 0 Å². The zero-order valence-corrected chi connectivity index (χ0v) is 11.8. The molecule has 1 aliphatic heterocycles. The SMILES string of the molecule is Cl.NCC1CCCCN1Cc1ccc(F)cc1Cl. The first kappa shape index (κ1) is 15.7. The van der Waals surface area contributed by atoms with Crippen molar-refractivity contribution in [1.29, 1.82) is 0 Å². The molecule has 5 heteroatoms. The molecule has 1 aliphatic rings. The highest BCUT2D eigenvalue weighted by molar-refractivity contribution is 6.31. The molecule has 1 aromatic carbocycles. The first-order valence-electron chi connectivity index (χ1n) is 6.08. The third-order valence-electron chi connectivity index (χ3n) is 3.41. The summed E-state index contributed by atoms with van der Waals surface area (Å²) in [6, 6.07) is 5.03. The summed E-state index contributed by atoms with van der Waals surface area (Å²) < 4.78 is 13.0. The minimum Gasteiger partial charge on any atom is -0.329 e. The zero-order chi connectivity index (χ0) is 12.3. The summed E-state index contributed by atoms with van der Waals surface area (Å²) in [4.78, 5) is 2.35. The Kier molecular flexibility index (Phi) is 6.36. The molecule has 1 fully saturated rings. The van der Waals surface area contributed by atoms with Crippen LogP contribution in [0.1, 0.15) is 24.8 Å². The van der Waals surface area contributed by atoms with Crippen molar-refractivity contribution in [2.75, 3.05) is 13.1 Å². The lowest BCUT2D eigenvalue weighted by atomic mass is 10.0. The van der Waals surface area contributed by atoms with Gasteiger partial charge < -0.3 is 5.73 Å². The van der Waals surface area contributed by atoms with Gasteiger partial charge in [-0.2, -0.15) is 0 Å². The maximum Gasteiger partial charge on any atom is 0.124 e. The number of hydrogen-bond donors (Lipinski definition) is 1. The molecule has 2 N–H and O–H groups in total. The van der Waals surface area contributed by atoms with Crippen molar-refractivity contribution in [3.05, 3.63) is 34.6 Å². The van der Waals surface area contributed by atoms with Gasteiger partial charge in [-0.15, -0.1) is 12.4 Å². The molecule has 0 bridgehead atoms. The zero-order valence-electron chi connectivity index (χ0n) is 10.2. The molecule has 1 saturated heterocycles. The van der Waals surface area contributed by atoms with Gasteiger partial charge in [-0.25, -0.2) is 4.39 Å². The molecule has 0 radical (unpaired) electrons. The lowest BCUT2D eigenvalue weighted by Gasteiger charge is -2.35. The first-order valence-corrected chi connectivity index (χ1v) is 6.46. The minimum absolute atomic E-state index is 0. The molecule has 0 aliphatic carbocycles. The molecule has 1 aromatic rings. The minimum atomic E-state index is -0.284. The largest absolute Gasteiger partial charge is 0.329 e. The molecular formula is C13H19Cl2FN2. The van der Waals surface area contributed by atoms with Gasteiger partial charge in [0.15, 0.2) is 0 Å². The van der Waals surface area contributed by atoms with E-state index < -0.39 is 0 Å². The number of halogens is 3. The summed E-state index contributed by atoms with van der Waals surface area (Å²) in [7, 11) is 0. The van der Waals surface area contributed by atoms with Crippen LogP contribution in [0.25, 0.3) is 0 Å². The van der Waals surface area contributed by atoms with Gasteiger partial charge in [-0.3, -0.25) is 4.90 Å². The Balaban J connectivity index is 0.00000162. The Hall–Kier alpha value is -0.350. The first-order chi connectivity index (χ1) is 8.20. The topological polar surface area (TPSA) is 29.3 Å². The van der Waals surface area contributed by atoms with Gasteiger partial charge >= 0.3 is 0 Å². The van der Waals surface area contributed by atoms with Crippen LogP contribution < -0.4 is 5.73 Å². The lowest BCUT2D eigenvalue weighted by Crippen LogP contribution is -2.43. The Bertz CT molecular complexity index is 387. The van der Waals surface area contributed by atoms with E-state index in [1.165, 1.54) is 25.0 Å². The fourth-order valence-corrected chi connectivity index (χ4v) is 2.63. The normalized spacial score (nSPS) is 20.5. The molecule has 1 atom stereocenters. The monoisotopic (exact) mass is 292 g/mol. The van der Waals surface area contributed by atoms with Crippen LogP contribution in [0.4, 0.5) is 4.39 Å². The fraction of sp³-hybridized carbons (Fsp3) is 0.538. The second-order valence-corrected chi connectivity index (χ2v) is 5.00. The Morgan fingerprint density at radius 2 is 2.17 bits per heavy atom. The van der Waals surface area contributed by atoms with Crippen molar-refractivity contribution in [3.8, 4) is 0 Å². The van der Waals surface area contributed by atoms with Crippen molar-refractivity contribution < 1.29 is 4.39 Å². The maximum absolute atomic E-state index is 13.0. The number of hydrogen-bond acceptors (Lipinski definition) is 2. The Labute approximate surface area is 119 Å². The van der Waals surface area contributed by atoms with E-state index in [4.69, 9.17) is 17.3 Å². The van der Waals surface area contributed by atoms with Crippen molar-refractivity contribution in [2.45, 2.75) is 31.8 Å². The van der Waals surface area contributed by atoms with Crippen LogP contribution in [0.2, 0.25) is 5.02 Å². The van der Waals surface area contributed by atoms with Gasteiger partial charge in [0.1, 0.15) is 5.82 Å². The van der Waals surface area contributed by atoms with E-state index >= 15 is 0 Å². The van der Waals surface area contributed by atoms with Gasteiger partial charge in [-0.05, 0) is 37.1 Å². The summed E-state index contributed by atoms with van der Waals surface area (Å²) in [6.45, 7) is 2.50. The van der Waals surface area contributed by atoms with Crippen molar-refractivity contribution in [3.63, 3.8) is 0 Å². The number of nitrogens with zero attached hydrogens (tertiary/aromatic N) is 1. The Morgan fingerprint density at radius 3 is 2.83 bits per heavy atom. The highest BCUT2D eigenvalue weighted by Gasteiger charge is 2.21. The number of piperidine rings is 1. The highest BCUT2D eigenvalue weighted by Crippen LogP contribution is 2.23. The van der Waals surface area contributed by atoms with Crippen LogP contribution >= 0.6 is 24.0 Å². The summed E-state index contributed by atoms with van der Waals surface area (Å²) in [5.74, 6) is -0.284. The smallest absolute Gasteiger partial charge is 0.124 e. The van der Waals surface area contributed by atoms with E-state index in [9.17, 15) is 4.39 Å². The van der Waals surface area contributed by atoms with Crippen LogP contribution in [0, 0.1) is 5.82 Å². The van der Waals surface area contributed by atoms with Gasteiger partial charge in [0.05, 0.1) is 0 Å². The van der Waals surface area contributed by atoms with E-state index in [0.29, 0.717) is 17.6 Å². The van der Waals surface area contributed by atoms with E-state index in [1.54, 1.807) is 6.07 Å². The number of nitrogens with two attached hydrogens (primary N) is 1. The maximum atomic E-state index is 13.0. The molecule has 0 saturated carbocycles. The van der Waals surface area contributed by atoms with Gasteiger partial charge in [0.2, 0.25) is 0 Å². The number of benzene rings is 1. The standard InChI is InChI=1S/C13H18ClFN2.ClH/c14-13-7-11(15)5-4-10(13)9-17-6-2-1-3-12(17)8-16;/h4-5,7,12H,1-3,6,8-9,16H2;1H. The predicted molar refractivity (Wildman–Crippen MR) is 75.8 cm³/mol. The van der Waals surface area contributed by atoms with Crippen molar-refractivity contribution >= 4 is 24.0 Å². The van der Waals surface area contributed by atoms with Crippen molar-refractivity contribution in [1.82, 2.24) is 4.90 Å². The molecule has 2 rings (SSSR count). The molecule has 0 spiro atoms. The van der Waals surface area contributed by atoms with E-state index in [1.807, 2.05) is 0 Å². The van der Waals surface area contributed by atoms with E-state index in [2.05, 4.69) is 4.90 Å². The van der Waals surface area contributed by atoms with Crippen LogP contribution in [0.15, 0.2) is 18.2 Å². The van der Waals surface area contributed by atoms with Gasteiger partial charge in [-0.1, -0.05) is 24.1 Å². The third kappa shape index (κ3) is 3.82. The van der Waals surface area contributed by atoms with E-state index in [0.717, 1.165) is 25.1 Å². The average molecular weight is 293 g/mol. The van der Waals surface area contributed by atoms with Gasteiger partial charge in [0.25, 0.3) is 0 Å². The van der Waals surface area contributed by atoms with Crippen LogP contribution in [-0.2, 0) is 6.54 Å². The second-order valence-electron chi connectivity index (χ2n) is 4.59. The lowest BCUT2D eigenvalue weighted by molar-refractivity contribution is 0.145. The molecule has 0 aromatic heterocycles. The van der Waals surface area contributed by atoms with Crippen molar-refractivity contribution in [2.24, 2.45) is 5.73 Å². The second kappa shape index (κ2) is 7.29. The predicted octanol–water partition coefficient (Wildman–Crippen LogP) is 3.21. The molecule has 1 unspecified atom stereocenters. The third-order valence-corrected chi connectivity index (χ3v) is 3.76. The Morgan fingerprint density at radius 1 is 1.39 bits per heavy atom. The molecule has 0 amide bonds. The number of rotatable bonds is 3. The number of likely N-dealkylation sites (tertiary alicyclic amines) is 1. The van der Waals surface area contributed by atoms with Crippen LogP contribution in [-0.4, -0.2) is 24.0 Å². The molecular weight excluding hydrogens is 274 g/mol. The highest BCUT2D eigenvalue weighted by atomic mass is 35.5. The molecule has 2 nitrogen and oxygen atoms in total.